The average molecular weight is 315 g/mol. The van der Waals surface area contributed by atoms with Crippen LogP contribution in [-0.2, 0) is 17.8 Å². The van der Waals surface area contributed by atoms with E-state index in [1.54, 1.807) is 21.0 Å². The number of hydrogen-bond acceptors (Lipinski definition) is 2. The summed E-state index contributed by atoms with van der Waals surface area (Å²) < 4.78 is 20.0. The van der Waals surface area contributed by atoms with Crippen molar-refractivity contribution in [2.75, 3.05) is 13.7 Å². The number of alkyl halides is 1. The number of hydrogen-bond donors (Lipinski definition) is 0. The molecule has 0 heterocycles. The molecule has 0 aliphatic rings. The Morgan fingerprint density at radius 3 is 1.74 bits per heavy atom. The summed E-state index contributed by atoms with van der Waals surface area (Å²) in [5.41, 5.74) is 1.59. The van der Waals surface area contributed by atoms with Gasteiger partial charge < -0.3 is 4.74 Å². The van der Waals surface area contributed by atoms with Gasteiger partial charge in [0.25, 0.3) is 0 Å². The molecule has 23 heavy (non-hydrogen) atoms. The molecule has 0 saturated carbocycles. The first-order valence-corrected chi connectivity index (χ1v) is 8.00. The Morgan fingerprint density at radius 2 is 1.35 bits per heavy atom. The van der Waals surface area contributed by atoms with E-state index in [9.17, 15) is 4.39 Å². The third-order valence-electron chi connectivity index (χ3n) is 4.20. The fourth-order valence-electron chi connectivity index (χ4n) is 2.44. The van der Waals surface area contributed by atoms with E-state index >= 15 is 0 Å². The smallest absolute Gasteiger partial charge is 0.141 e. The Kier molecular flexibility index (Phi) is 6.31. The quantitative estimate of drug-likeness (QED) is 0.713. The minimum Gasteiger partial charge on any atom is -0.376 e. The van der Waals surface area contributed by atoms with Gasteiger partial charge in [-0.15, -0.1) is 0 Å². The normalized spacial score (nSPS) is 13.3. The lowest BCUT2D eigenvalue weighted by Gasteiger charge is -2.32. The van der Waals surface area contributed by atoms with Crippen molar-refractivity contribution in [1.82, 2.24) is 4.90 Å². The summed E-state index contributed by atoms with van der Waals surface area (Å²) >= 11 is 0. The molecule has 0 spiro atoms. The zero-order chi connectivity index (χ0) is 16.7. The summed E-state index contributed by atoms with van der Waals surface area (Å²) in [6, 6.07) is 20.4. The zero-order valence-electron chi connectivity index (χ0n) is 14.2. The van der Waals surface area contributed by atoms with Crippen molar-refractivity contribution >= 4 is 0 Å². The van der Waals surface area contributed by atoms with Crippen molar-refractivity contribution in [2.24, 2.45) is 0 Å². The zero-order valence-corrected chi connectivity index (χ0v) is 14.2. The highest BCUT2D eigenvalue weighted by Gasteiger charge is 2.31. The van der Waals surface area contributed by atoms with Gasteiger partial charge in [-0.05, 0) is 25.0 Å². The van der Waals surface area contributed by atoms with Gasteiger partial charge in [0.1, 0.15) is 6.17 Å². The molecule has 2 aromatic carbocycles. The molecule has 3 heteroatoms. The molecule has 0 fully saturated rings. The molecule has 0 bridgehead atoms. The first kappa shape index (κ1) is 17.6. The highest BCUT2D eigenvalue weighted by molar-refractivity contribution is 5.17. The molecule has 2 aromatic rings. The maximum absolute atomic E-state index is 14.7. The summed E-state index contributed by atoms with van der Waals surface area (Å²) in [5.74, 6) is 0. The summed E-state index contributed by atoms with van der Waals surface area (Å²) in [5, 5.41) is 0. The molecule has 0 unspecified atom stereocenters. The van der Waals surface area contributed by atoms with E-state index in [1.165, 1.54) is 11.1 Å². The van der Waals surface area contributed by atoms with Gasteiger partial charge in [0.15, 0.2) is 0 Å². The molecular formula is C20H26FNO. The van der Waals surface area contributed by atoms with Crippen LogP contribution in [0.4, 0.5) is 4.39 Å². The fraction of sp³-hybridized carbons (Fsp3) is 0.400. The summed E-state index contributed by atoms with van der Waals surface area (Å²) in [6.45, 7) is 5.36. The van der Waals surface area contributed by atoms with Gasteiger partial charge in [0.05, 0.1) is 5.60 Å². The number of rotatable bonds is 8. The molecule has 124 valence electrons. The molecule has 0 aliphatic carbocycles. The van der Waals surface area contributed by atoms with Gasteiger partial charge in [-0.3, -0.25) is 4.90 Å². The van der Waals surface area contributed by atoms with Crippen LogP contribution in [0.1, 0.15) is 25.0 Å². The largest absolute Gasteiger partial charge is 0.376 e. The minimum absolute atomic E-state index is 0.338. The molecule has 0 amide bonds. The van der Waals surface area contributed by atoms with Crippen molar-refractivity contribution in [3.05, 3.63) is 71.8 Å². The Morgan fingerprint density at radius 1 is 0.913 bits per heavy atom. The second kappa shape index (κ2) is 8.23. The van der Waals surface area contributed by atoms with Crippen molar-refractivity contribution < 1.29 is 9.13 Å². The van der Waals surface area contributed by atoms with Crippen molar-refractivity contribution in [3.63, 3.8) is 0 Å². The maximum atomic E-state index is 14.7. The molecular weight excluding hydrogens is 289 g/mol. The summed E-state index contributed by atoms with van der Waals surface area (Å²) in [4.78, 5) is 2.14. The molecule has 0 aromatic heterocycles. The molecule has 0 saturated heterocycles. The van der Waals surface area contributed by atoms with Crippen LogP contribution in [-0.4, -0.2) is 30.3 Å². The van der Waals surface area contributed by atoms with Crippen LogP contribution >= 0.6 is 0 Å². The second-order valence-electron chi connectivity index (χ2n) is 6.42. The number of ether oxygens (including phenoxy) is 1. The number of benzene rings is 2. The highest BCUT2D eigenvalue weighted by Crippen LogP contribution is 2.20. The molecule has 0 N–H and O–H groups in total. The standard InChI is InChI=1S/C20H26FNO/c1-20(2,23-3)19(21)16-22(14-17-10-6-4-7-11-17)15-18-12-8-5-9-13-18/h4-13,19H,14-16H2,1-3H3/t19-/m1/s1. The van der Waals surface area contributed by atoms with E-state index in [0.29, 0.717) is 6.54 Å². The molecule has 2 rings (SSSR count). The molecule has 2 nitrogen and oxygen atoms in total. The van der Waals surface area contributed by atoms with Crippen LogP contribution in [0.3, 0.4) is 0 Å². The molecule has 1 atom stereocenters. The van der Waals surface area contributed by atoms with E-state index in [-0.39, 0.29) is 0 Å². The van der Waals surface area contributed by atoms with E-state index in [1.807, 2.05) is 36.4 Å². The Labute approximate surface area is 138 Å². The predicted molar refractivity (Wildman–Crippen MR) is 93.0 cm³/mol. The van der Waals surface area contributed by atoms with Crippen molar-refractivity contribution in [3.8, 4) is 0 Å². The van der Waals surface area contributed by atoms with Crippen molar-refractivity contribution in [1.29, 1.82) is 0 Å². The van der Waals surface area contributed by atoms with Gasteiger partial charge in [0.2, 0.25) is 0 Å². The lowest BCUT2D eigenvalue weighted by Crippen LogP contribution is -2.43. The van der Waals surface area contributed by atoms with Crippen LogP contribution in [0, 0.1) is 0 Å². The first-order valence-electron chi connectivity index (χ1n) is 8.00. The Hall–Kier alpha value is -1.71. The minimum atomic E-state index is -1.06. The lowest BCUT2D eigenvalue weighted by molar-refractivity contribution is -0.0541. The van der Waals surface area contributed by atoms with Gasteiger partial charge in [-0.2, -0.15) is 0 Å². The lowest BCUT2D eigenvalue weighted by atomic mass is 10.0. The van der Waals surface area contributed by atoms with E-state index in [2.05, 4.69) is 29.2 Å². The van der Waals surface area contributed by atoms with E-state index < -0.39 is 11.8 Å². The predicted octanol–water partition coefficient (Wildman–Crippen LogP) is 4.45. The van der Waals surface area contributed by atoms with Crippen LogP contribution in [0.15, 0.2) is 60.7 Å². The first-order chi connectivity index (χ1) is 11.0. The third-order valence-corrected chi connectivity index (χ3v) is 4.20. The van der Waals surface area contributed by atoms with E-state index in [4.69, 9.17) is 4.74 Å². The average Bonchev–Trinajstić information content (AvgIpc) is 2.56. The Bertz CT molecular complexity index is 529. The van der Waals surface area contributed by atoms with Gasteiger partial charge >= 0.3 is 0 Å². The summed E-state index contributed by atoms with van der Waals surface area (Å²) in [7, 11) is 1.56. The number of nitrogens with zero attached hydrogens (tertiary/aromatic N) is 1. The number of halogens is 1. The SMILES string of the molecule is COC(C)(C)[C@H](F)CN(Cc1ccccc1)Cc1ccccc1. The Balaban J connectivity index is 2.10. The van der Waals surface area contributed by atoms with Crippen molar-refractivity contribution in [2.45, 2.75) is 38.7 Å². The van der Waals surface area contributed by atoms with Gasteiger partial charge in [-0.1, -0.05) is 60.7 Å². The summed E-state index contributed by atoms with van der Waals surface area (Å²) in [6.07, 6.45) is -1.06. The third kappa shape index (κ3) is 5.45. The maximum Gasteiger partial charge on any atom is 0.141 e. The van der Waals surface area contributed by atoms with Gasteiger partial charge in [-0.25, -0.2) is 4.39 Å². The van der Waals surface area contributed by atoms with Crippen LogP contribution < -0.4 is 0 Å². The fourth-order valence-corrected chi connectivity index (χ4v) is 2.44. The number of methoxy groups -OCH3 is 1. The van der Waals surface area contributed by atoms with Gasteiger partial charge in [0, 0.05) is 26.7 Å². The second-order valence-corrected chi connectivity index (χ2v) is 6.42. The molecule has 0 radical (unpaired) electrons. The monoisotopic (exact) mass is 315 g/mol. The topological polar surface area (TPSA) is 12.5 Å². The van der Waals surface area contributed by atoms with Crippen LogP contribution in [0.25, 0.3) is 0 Å². The van der Waals surface area contributed by atoms with Crippen LogP contribution in [0.5, 0.6) is 0 Å². The highest BCUT2D eigenvalue weighted by atomic mass is 19.1. The van der Waals surface area contributed by atoms with E-state index in [0.717, 1.165) is 13.1 Å². The molecule has 0 aliphatic heterocycles. The van der Waals surface area contributed by atoms with Crippen LogP contribution in [0.2, 0.25) is 0 Å².